The van der Waals surface area contributed by atoms with Gasteiger partial charge in [-0.1, -0.05) is 83.1 Å². The zero-order valence-electron chi connectivity index (χ0n) is 28.4. The van der Waals surface area contributed by atoms with Crippen LogP contribution in [0.25, 0.3) is 0 Å². The van der Waals surface area contributed by atoms with E-state index in [-0.39, 0.29) is 72.6 Å². The minimum Gasteiger partial charge on any atom is -0.507 e. The molecule has 5 nitrogen and oxygen atoms in total. The Morgan fingerprint density at radius 3 is 0.927 bits per heavy atom. The van der Waals surface area contributed by atoms with Crippen LogP contribution in [0.5, 0.6) is 11.5 Å². The fraction of sp³-hybridized carbons (Fsp3) is 0.588. The van der Waals surface area contributed by atoms with Crippen molar-refractivity contribution >= 4 is 46.0 Å². The van der Waals surface area contributed by atoms with Crippen molar-refractivity contribution in [1.82, 2.24) is 0 Å². The van der Waals surface area contributed by atoms with Crippen LogP contribution in [0.2, 0.25) is 0 Å². The molecule has 2 aromatic carbocycles. The van der Waals surface area contributed by atoms with Crippen molar-refractivity contribution in [3.8, 4) is 11.5 Å². The van der Waals surface area contributed by atoms with Gasteiger partial charge in [0.05, 0.1) is 0 Å². The Hall–Kier alpha value is -0.680. The summed E-state index contributed by atoms with van der Waals surface area (Å²) in [4.78, 5) is 0. The average Bonchev–Trinajstić information content (AvgIpc) is 2.82. The van der Waals surface area contributed by atoms with Gasteiger partial charge in [-0.3, -0.25) is 0 Å². The topological polar surface area (TPSA) is 76.0 Å². The predicted octanol–water partition coefficient (Wildman–Crippen LogP) is 9.98. The summed E-state index contributed by atoms with van der Waals surface area (Å²) in [6, 6.07) is 7.66. The summed E-state index contributed by atoms with van der Waals surface area (Å²) < 4.78 is 23.9. The zero-order chi connectivity index (χ0) is 31.9. The second-order valence-corrected chi connectivity index (χ2v) is 14.8. The number of hydrogen-bond donors (Lipinski definition) is 2. The third-order valence-corrected chi connectivity index (χ3v) is 6.92. The normalized spacial score (nSPS) is 11.9. The molecular formula is C34H56CaO5P+. The van der Waals surface area contributed by atoms with E-state index >= 15 is 0 Å². The molecule has 0 spiro atoms. The van der Waals surface area contributed by atoms with Crippen LogP contribution < -0.4 is 0 Å². The molecule has 0 aromatic heterocycles. The van der Waals surface area contributed by atoms with Crippen LogP contribution in [0.1, 0.15) is 130 Å². The maximum absolute atomic E-state index is 12.7. The Kier molecular flexibility index (Phi) is 17.6. The van der Waals surface area contributed by atoms with Crippen molar-refractivity contribution in [3.05, 3.63) is 71.5 Å². The van der Waals surface area contributed by atoms with Gasteiger partial charge in [0.1, 0.15) is 24.7 Å². The monoisotopic (exact) mass is 615 g/mol. The molecule has 2 N–H and O–H groups in total. The largest absolute Gasteiger partial charge is 2.00 e. The number of phenolic OH excluding ortho intramolecular Hbond substituents is 2. The molecule has 0 heterocycles. The smallest absolute Gasteiger partial charge is 0.507 e. The molecule has 2 aromatic rings. The van der Waals surface area contributed by atoms with Crippen LogP contribution in [0.3, 0.4) is 0 Å². The molecule has 0 unspecified atom stereocenters. The Morgan fingerprint density at radius 2 is 0.756 bits per heavy atom. The Morgan fingerprint density at radius 1 is 0.561 bits per heavy atom. The molecule has 0 aliphatic carbocycles. The fourth-order valence-electron chi connectivity index (χ4n) is 4.13. The van der Waals surface area contributed by atoms with E-state index in [2.05, 4.69) is 96.9 Å². The molecule has 7 heteroatoms. The summed E-state index contributed by atoms with van der Waals surface area (Å²) >= 11 is 0. The predicted molar refractivity (Wildman–Crippen MR) is 176 cm³/mol. The summed E-state index contributed by atoms with van der Waals surface area (Å²) in [5.41, 5.74) is 3.97. The maximum atomic E-state index is 12.7. The van der Waals surface area contributed by atoms with Crippen LogP contribution >= 0.6 is 8.25 Å². The van der Waals surface area contributed by atoms with E-state index in [1.807, 2.05) is 24.3 Å². The molecule has 0 aliphatic heterocycles. The molecule has 0 radical (unpaired) electrons. The first-order chi connectivity index (χ1) is 18.1. The van der Waals surface area contributed by atoms with Crippen LogP contribution in [-0.2, 0) is 48.5 Å². The summed E-state index contributed by atoms with van der Waals surface area (Å²) in [5, 5.41) is 21.8. The van der Waals surface area contributed by atoms with Gasteiger partial charge in [-0.25, -0.2) is 0 Å². The van der Waals surface area contributed by atoms with Crippen molar-refractivity contribution in [2.75, 3.05) is 0 Å². The van der Waals surface area contributed by atoms with E-state index in [0.717, 1.165) is 33.4 Å². The molecule has 0 saturated heterocycles. The van der Waals surface area contributed by atoms with Crippen LogP contribution in [0.4, 0.5) is 0 Å². The molecule has 0 aliphatic rings. The molecule has 228 valence electrons. The molecule has 2 rings (SSSR count). The second kappa shape index (κ2) is 17.0. The molecule has 0 atom stereocenters. The first-order valence-electron chi connectivity index (χ1n) is 14.0. The fourth-order valence-corrected chi connectivity index (χ4v) is 4.72. The molecule has 0 fully saturated rings. The number of benzene rings is 2. The van der Waals surface area contributed by atoms with Gasteiger partial charge in [-0.2, -0.15) is 13.8 Å². The summed E-state index contributed by atoms with van der Waals surface area (Å²) in [6.45, 7) is 34.9. The molecular weight excluding hydrogens is 559 g/mol. The van der Waals surface area contributed by atoms with Gasteiger partial charge in [0.2, 0.25) is 0 Å². The minimum atomic E-state index is -2.37. The van der Waals surface area contributed by atoms with E-state index in [0.29, 0.717) is 11.5 Å². The zero-order valence-corrected chi connectivity index (χ0v) is 31.5. The van der Waals surface area contributed by atoms with Crippen LogP contribution in [0, 0.1) is 13.8 Å². The molecule has 0 saturated carbocycles. The van der Waals surface area contributed by atoms with Crippen molar-refractivity contribution in [3.63, 3.8) is 0 Å². The van der Waals surface area contributed by atoms with E-state index in [1.54, 1.807) is 13.8 Å². The van der Waals surface area contributed by atoms with Gasteiger partial charge in [-0.05, 0) is 79.3 Å². The van der Waals surface area contributed by atoms with Gasteiger partial charge >= 0.3 is 46.0 Å². The third-order valence-electron chi connectivity index (χ3n) is 6.24. The Balaban J connectivity index is 0. The SMILES string of the molecule is CC(C)(C)c1cc(CO[P+](=O)OCc2cc(C(C)(C)C)c(O)c(C(C)(C)C)c2)cc(C(C)(C)C)c1O.[CH2-]C.[CH2-]C.[Ca+2]. The van der Waals surface area contributed by atoms with Gasteiger partial charge in [-0.15, -0.1) is 9.05 Å². The first-order valence-corrected chi connectivity index (χ1v) is 15.1. The van der Waals surface area contributed by atoms with E-state index in [9.17, 15) is 14.8 Å². The minimum absolute atomic E-state index is 0. The van der Waals surface area contributed by atoms with Gasteiger partial charge in [0.15, 0.2) is 0 Å². The number of rotatable bonds is 6. The van der Waals surface area contributed by atoms with E-state index in [1.165, 1.54) is 0 Å². The van der Waals surface area contributed by atoms with Gasteiger partial charge in [0, 0.05) is 4.57 Å². The number of hydrogen-bond acceptors (Lipinski definition) is 5. The average molecular weight is 616 g/mol. The molecule has 0 bridgehead atoms. The van der Waals surface area contributed by atoms with Crippen LogP contribution in [-0.4, -0.2) is 48.0 Å². The Bertz CT molecular complexity index is 956. The van der Waals surface area contributed by atoms with Crippen molar-refractivity contribution in [2.45, 2.75) is 132 Å². The summed E-state index contributed by atoms with van der Waals surface area (Å²) in [7, 11) is -2.37. The second-order valence-electron chi connectivity index (χ2n) is 13.8. The van der Waals surface area contributed by atoms with Crippen molar-refractivity contribution in [1.29, 1.82) is 0 Å². The van der Waals surface area contributed by atoms with Gasteiger partial charge < -0.3 is 24.1 Å². The van der Waals surface area contributed by atoms with Crippen molar-refractivity contribution in [2.24, 2.45) is 0 Å². The first kappa shape index (κ1) is 42.5. The molecule has 0 amide bonds. The van der Waals surface area contributed by atoms with Gasteiger partial charge in [0.25, 0.3) is 0 Å². The van der Waals surface area contributed by atoms with Crippen LogP contribution in [0.15, 0.2) is 24.3 Å². The number of phenols is 2. The van der Waals surface area contributed by atoms with E-state index in [4.69, 9.17) is 9.05 Å². The number of aromatic hydroxyl groups is 2. The van der Waals surface area contributed by atoms with E-state index < -0.39 is 8.25 Å². The quantitative estimate of drug-likeness (QED) is 0.192. The third kappa shape index (κ3) is 12.8. The standard InChI is InChI=1S/C30H45O5P.2C2H5.Ca/c1-27(2,3)21-13-19(14-22(25(21)31)28(4,5)6)17-34-36(33)35-18-20-15-23(29(7,8)9)26(32)24(16-20)30(10,11)12;2*1-2;/h13-16H,17-18H2,1-12H3,(H-,31,32);2*1H2,2H3;/q;2*-1;+2/p+1. The maximum Gasteiger partial charge on any atom is 2.00 e. The Labute approximate surface area is 282 Å². The summed E-state index contributed by atoms with van der Waals surface area (Å²) in [5.74, 6) is 0.604. The van der Waals surface area contributed by atoms with Crippen molar-refractivity contribution < 1.29 is 23.8 Å². The summed E-state index contributed by atoms with van der Waals surface area (Å²) in [6.07, 6.45) is 0. The molecule has 41 heavy (non-hydrogen) atoms.